The second-order valence-electron chi connectivity index (χ2n) is 8.55. The number of halogens is 1. The van der Waals surface area contributed by atoms with E-state index in [-0.39, 0.29) is 17.8 Å². The second kappa shape index (κ2) is 9.57. The first kappa shape index (κ1) is 22.7. The average molecular weight is 449 g/mol. The van der Waals surface area contributed by atoms with Crippen LogP contribution in [0.25, 0.3) is 16.8 Å². The summed E-state index contributed by atoms with van der Waals surface area (Å²) in [4.78, 5) is 17.4. The number of rotatable bonds is 8. The maximum absolute atomic E-state index is 13.4. The molecule has 6 nitrogen and oxygen atoms in total. The van der Waals surface area contributed by atoms with E-state index < -0.39 is 0 Å². The number of carbonyl (C=O) groups is 1. The maximum atomic E-state index is 13.4. The van der Waals surface area contributed by atoms with Gasteiger partial charge in [0.05, 0.1) is 12.0 Å². The predicted octanol–water partition coefficient (Wildman–Crippen LogP) is 5.12. The van der Waals surface area contributed by atoms with E-state index in [1.807, 2.05) is 44.3 Å². The average Bonchev–Trinajstić information content (AvgIpc) is 3.40. The first-order chi connectivity index (χ1) is 15.8. The second-order valence-corrected chi connectivity index (χ2v) is 8.55. The summed E-state index contributed by atoms with van der Waals surface area (Å²) >= 11 is 0. The van der Waals surface area contributed by atoms with Crippen molar-refractivity contribution in [3.63, 3.8) is 0 Å². The number of furan rings is 1. The van der Waals surface area contributed by atoms with E-state index in [1.165, 1.54) is 12.1 Å². The van der Waals surface area contributed by atoms with Crippen molar-refractivity contribution in [1.29, 1.82) is 0 Å². The van der Waals surface area contributed by atoms with Crippen molar-refractivity contribution in [3.05, 3.63) is 76.9 Å². The van der Waals surface area contributed by atoms with Crippen LogP contribution >= 0.6 is 0 Å². The van der Waals surface area contributed by atoms with E-state index in [9.17, 15) is 9.18 Å². The van der Waals surface area contributed by atoms with Crippen LogP contribution in [0.3, 0.4) is 0 Å². The van der Waals surface area contributed by atoms with Crippen molar-refractivity contribution in [2.24, 2.45) is 0 Å². The Morgan fingerprint density at radius 3 is 2.58 bits per heavy atom. The molecule has 0 unspecified atom stereocenters. The monoisotopic (exact) mass is 448 g/mol. The fourth-order valence-electron chi connectivity index (χ4n) is 4.26. The molecule has 4 aromatic rings. The number of aryl methyl sites for hydroxylation is 4. The van der Waals surface area contributed by atoms with Crippen molar-refractivity contribution >= 4 is 11.6 Å². The lowest BCUT2D eigenvalue weighted by atomic mass is 10.0. The zero-order chi connectivity index (χ0) is 23.5. The first-order valence-electron chi connectivity index (χ1n) is 11.3. The molecule has 33 heavy (non-hydrogen) atoms. The van der Waals surface area contributed by atoms with Crippen LogP contribution < -0.4 is 5.32 Å². The van der Waals surface area contributed by atoms with E-state index in [0.29, 0.717) is 12.8 Å². The summed E-state index contributed by atoms with van der Waals surface area (Å²) < 4.78 is 20.6. The Morgan fingerprint density at radius 1 is 1.12 bits per heavy atom. The molecule has 0 saturated heterocycles. The largest absolute Gasteiger partial charge is 0.469 e. The molecule has 0 spiro atoms. The van der Waals surface area contributed by atoms with Crippen molar-refractivity contribution in [3.8, 4) is 11.1 Å². The van der Waals surface area contributed by atoms with Crippen LogP contribution in [0.15, 0.2) is 47.1 Å². The lowest BCUT2D eigenvalue weighted by Gasteiger charge is -2.15. The van der Waals surface area contributed by atoms with Gasteiger partial charge in [-0.15, -0.1) is 0 Å². The van der Waals surface area contributed by atoms with Gasteiger partial charge in [-0.2, -0.15) is 5.10 Å². The van der Waals surface area contributed by atoms with Gasteiger partial charge in [-0.3, -0.25) is 4.79 Å². The summed E-state index contributed by atoms with van der Waals surface area (Å²) in [6.07, 6.45) is 4.25. The third-order valence-corrected chi connectivity index (χ3v) is 6.05. The first-order valence-corrected chi connectivity index (χ1v) is 11.3. The molecule has 1 amide bonds. The van der Waals surface area contributed by atoms with Gasteiger partial charge in [-0.05, 0) is 75.9 Å². The van der Waals surface area contributed by atoms with Crippen molar-refractivity contribution < 1.29 is 13.6 Å². The molecule has 0 aliphatic rings. The van der Waals surface area contributed by atoms with E-state index in [4.69, 9.17) is 9.40 Å². The lowest BCUT2D eigenvalue weighted by molar-refractivity contribution is -0.121. The topological polar surface area (TPSA) is 72.4 Å². The van der Waals surface area contributed by atoms with Crippen molar-refractivity contribution in [2.75, 3.05) is 0 Å². The van der Waals surface area contributed by atoms with Crippen LogP contribution in [0.1, 0.15) is 48.2 Å². The summed E-state index contributed by atoms with van der Waals surface area (Å²) in [5.74, 6) is 0.671. The molecule has 3 aromatic heterocycles. The number of fused-ring (bicyclic) bond motifs is 1. The number of carbonyl (C=O) groups excluding carboxylic acids is 1. The van der Waals surface area contributed by atoms with E-state index in [2.05, 4.69) is 10.4 Å². The Hall–Kier alpha value is -3.48. The zero-order valence-electron chi connectivity index (χ0n) is 19.5. The van der Waals surface area contributed by atoms with Gasteiger partial charge in [-0.1, -0.05) is 12.1 Å². The van der Waals surface area contributed by atoms with Crippen LogP contribution in [0.5, 0.6) is 0 Å². The number of benzene rings is 1. The molecule has 0 bridgehead atoms. The van der Waals surface area contributed by atoms with Gasteiger partial charge in [-0.25, -0.2) is 13.9 Å². The molecular weight excluding hydrogens is 419 g/mol. The fraction of sp³-hybridized carbons (Fsp3) is 0.346. The van der Waals surface area contributed by atoms with Crippen LogP contribution in [-0.2, 0) is 17.6 Å². The Balaban J connectivity index is 1.47. The highest BCUT2D eigenvalue weighted by Gasteiger charge is 2.19. The molecule has 0 aliphatic carbocycles. The summed E-state index contributed by atoms with van der Waals surface area (Å²) in [6.45, 7) is 7.90. The molecular formula is C26H29FN4O2. The summed E-state index contributed by atoms with van der Waals surface area (Å²) in [7, 11) is 0. The third-order valence-electron chi connectivity index (χ3n) is 6.05. The molecule has 7 heteroatoms. The molecule has 1 N–H and O–H groups in total. The lowest BCUT2D eigenvalue weighted by Crippen LogP contribution is -2.33. The fourth-order valence-corrected chi connectivity index (χ4v) is 4.26. The van der Waals surface area contributed by atoms with Crippen LogP contribution in [0.4, 0.5) is 4.39 Å². The van der Waals surface area contributed by atoms with Gasteiger partial charge >= 0.3 is 0 Å². The Kier molecular flexibility index (Phi) is 6.58. The predicted molar refractivity (Wildman–Crippen MR) is 126 cm³/mol. The van der Waals surface area contributed by atoms with Gasteiger partial charge in [0.15, 0.2) is 5.65 Å². The van der Waals surface area contributed by atoms with Crippen molar-refractivity contribution in [2.45, 2.75) is 59.4 Å². The number of hydrogen-bond donors (Lipinski definition) is 1. The van der Waals surface area contributed by atoms with Crippen LogP contribution in [-0.4, -0.2) is 26.5 Å². The van der Waals surface area contributed by atoms with Crippen molar-refractivity contribution in [1.82, 2.24) is 19.9 Å². The van der Waals surface area contributed by atoms with E-state index in [0.717, 1.165) is 58.0 Å². The minimum absolute atomic E-state index is 0.0180. The molecule has 1 atom stereocenters. The third kappa shape index (κ3) is 4.97. The smallest absolute Gasteiger partial charge is 0.220 e. The Bertz CT molecular complexity index is 1260. The van der Waals surface area contributed by atoms with Crippen LogP contribution in [0.2, 0.25) is 0 Å². The number of aromatic nitrogens is 3. The Morgan fingerprint density at radius 2 is 1.88 bits per heavy atom. The highest BCUT2D eigenvalue weighted by molar-refractivity contribution is 5.80. The molecule has 172 valence electrons. The minimum atomic E-state index is -0.274. The number of nitrogens with zero attached hydrogens (tertiary/aromatic N) is 3. The van der Waals surface area contributed by atoms with Gasteiger partial charge < -0.3 is 9.73 Å². The normalized spacial score (nSPS) is 12.3. The van der Waals surface area contributed by atoms with Gasteiger partial charge in [0, 0.05) is 35.8 Å². The number of amides is 1. The maximum Gasteiger partial charge on any atom is 0.220 e. The molecule has 3 heterocycles. The van der Waals surface area contributed by atoms with E-state index in [1.54, 1.807) is 18.4 Å². The van der Waals surface area contributed by atoms with Gasteiger partial charge in [0.25, 0.3) is 0 Å². The number of hydrogen-bond acceptors (Lipinski definition) is 4. The highest BCUT2D eigenvalue weighted by Crippen LogP contribution is 2.29. The molecule has 0 radical (unpaired) electrons. The molecule has 4 rings (SSSR count). The summed E-state index contributed by atoms with van der Waals surface area (Å²) in [5, 5.41) is 7.76. The molecule has 0 aliphatic heterocycles. The van der Waals surface area contributed by atoms with Gasteiger partial charge in [0.1, 0.15) is 11.6 Å². The van der Waals surface area contributed by atoms with Crippen LogP contribution in [0, 0.1) is 26.6 Å². The summed E-state index contributed by atoms with van der Waals surface area (Å²) in [6, 6.07) is 10.3. The number of nitrogens with one attached hydrogen (secondary N) is 1. The highest BCUT2D eigenvalue weighted by atomic mass is 19.1. The molecule has 0 saturated carbocycles. The minimum Gasteiger partial charge on any atom is -0.469 e. The SMILES string of the molecule is Cc1nc2c(-c3ccc(F)cc3)c(C)nn2c(C)c1CCC(=O)N[C@H](C)CCc1ccco1. The molecule has 0 fully saturated rings. The zero-order valence-corrected chi connectivity index (χ0v) is 19.5. The Labute approximate surface area is 192 Å². The van der Waals surface area contributed by atoms with Gasteiger partial charge in [0.2, 0.25) is 5.91 Å². The van der Waals surface area contributed by atoms with E-state index >= 15 is 0 Å². The summed E-state index contributed by atoms with van der Waals surface area (Å²) in [5.41, 5.74) is 6.22. The standard InChI is InChI=1S/C26H29FN4O2/c1-16(7-12-22-6-5-15-33-22)28-24(32)14-13-23-17(2)29-26-25(18(3)30-31(26)19(23)4)20-8-10-21(27)11-9-20/h5-6,8-11,15-16H,7,12-14H2,1-4H3,(H,28,32)/t16-/m1/s1. The quantitative estimate of drug-likeness (QED) is 0.406. The molecule has 1 aromatic carbocycles.